The van der Waals surface area contributed by atoms with Crippen LogP contribution in [0, 0.1) is 0 Å². The van der Waals surface area contributed by atoms with Crippen LogP contribution in [0.2, 0.25) is 0 Å². The molecule has 0 saturated heterocycles. The maximum Gasteiger partial charge on any atom is 0.344 e. The van der Waals surface area contributed by atoms with Crippen LogP contribution in [0.25, 0.3) is 5.70 Å². The summed E-state index contributed by atoms with van der Waals surface area (Å²) < 4.78 is 20.9. The average Bonchev–Trinajstić information content (AvgIpc) is 3.30. The summed E-state index contributed by atoms with van der Waals surface area (Å²) in [6.45, 7) is 1.57. The number of nitrogens with zero attached hydrogens (tertiary/aromatic N) is 1. The molecule has 190 valence electrons. The molecule has 1 aromatic carbocycles. The van der Waals surface area contributed by atoms with E-state index in [1.165, 1.54) is 16.2 Å². The van der Waals surface area contributed by atoms with Gasteiger partial charge in [-0.25, -0.2) is 19.2 Å². The molecule has 2 rings (SSSR count). The lowest BCUT2D eigenvalue weighted by atomic mass is 10.0. The predicted octanol–water partition coefficient (Wildman–Crippen LogP) is 3.84. The first kappa shape index (κ1) is 28.6. The summed E-state index contributed by atoms with van der Waals surface area (Å²) in [4.78, 5) is 62.4. The van der Waals surface area contributed by atoms with Crippen LogP contribution in [0.4, 0.5) is 0 Å². The molecule has 0 fully saturated rings. The lowest BCUT2D eigenvalue weighted by molar-refractivity contribution is -0.137. The van der Waals surface area contributed by atoms with Gasteiger partial charge in [0.25, 0.3) is 0 Å². The third kappa shape index (κ3) is 6.52. The average molecular weight is 580 g/mol. The van der Waals surface area contributed by atoms with Crippen molar-refractivity contribution < 1.29 is 42.9 Å². The lowest BCUT2D eigenvalue weighted by Gasteiger charge is -2.11. The highest BCUT2D eigenvalue weighted by Crippen LogP contribution is 2.29. The summed E-state index contributed by atoms with van der Waals surface area (Å²) >= 11 is 4.12. The lowest BCUT2D eigenvalue weighted by Crippen LogP contribution is -2.16. The molecule has 10 nitrogen and oxygen atoms in total. The van der Waals surface area contributed by atoms with Gasteiger partial charge in [-0.15, -0.1) is 0 Å². The smallest absolute Gasteiger partial charge is 0.344 e. The van der Waals surface area contributed by atoms with Gasteiger partial charge in [0, 0.05) is 28.0 Å². The zero-order valence-electron chi connectivity index (χ0n) is 19.9. The van der Waals surface area contributed by atoms with Crippen molar-refractivity contribution in [1.29, 1.82) is 0 Å². The van der Waals surface area contributed by atoms with Crippen LogP contribution >= 0.6 is 27.7 Å². The number of aromatic nitrogens is 1. The molecule has 0 aliphatic carbocycles. The number of benzene rings is 1. The Balaban J connectivity index is 2.74. The highest BCUT2D eigenvalue weighted by atomic mass is 79.9. The predicted molar refractivity (Wildman–Crippen MR) is 134 cm³/mol. The fourth-order valence-electron chi connectivity index (χ4n) is 2.93. The van der Waals surface area contributed by atoms with E-state index in [1.54, 1.807) is 31.2 Å². The van der Waals surface area contributed by atoms with Crippen LogP contribution in [0.5, 0.6) is 0 Å². The molecule has 0 atom stereocenters. The van der Waals surface area contributed by atoms with E-state index in [-0.39, 0.29) is 27.3 Å². The zero-order chi connectivity index (χ0) is 27.0. The summed E-state index contributed by atoms with van der Waals surface area (Å²) in [6, 6.07) is 6.40. The van der Waals surface area contributed by atoms with E-state index in [9.17, 15) is 24.0 Å². The van der Waals surface area contributed by atoms with Gasteiger partial charge in [-0.05, 0) is 36.6 Å². The molecule has 1 heterocycles. The van der Waals surface area contributed by atoms with E-state index in [4.69, 9.17) is 9.47 Å². The van der Waals surface area contributed by atoms with E-state index in [0.717, 1.165) is 50.7 Å². The van der Waals surface area contributed by atoms with Crippen LogP contribution in [0.3, 0.4) is 0 Å². The van der Waals surface area contributed by atoms with Crippen LogP contribution in [-0.4, -0.2) is 62.7 Å². The van der Waals surface area contributed by atoms with Gasteiger partial charge in [0.05, 0.1) is 34.0 Å². The van der Waals surface area contributed by atoms with Crippen molar-refractivity contribution in [3.8, 4) is 0 Å². The second kappa shape index (κ2) is 12.9. The number of carbonyl (C=O) groups is 5. The Morgan fingerprint density at radius 2 is 1.50 bits per heavy atom. The third-order valence-electron chi connectivity index (χ3n) is 4.69. The molecule has 0 spiro atoms. The first-order chi connectivity index (χ1) is 17.1. The van der Waals surface area contributed by atoms with Gasteiger partial charge in [-0.2, -0.15) is 0 Å². The Morgan fingerprint density at radius 1 is 0.889 bits per heavy atom. The molecule has 0 N–H and O–H groups in total. The highest BCUT2D eigenvalue weighted by Gasteiger charge is 2.32. The van der Waals surface area contributed by atoms with Crippen molar-refractivity contribution in [2.45, 2.75) is 6.92 Å². The SMILES string of the molecule is COC(=O)/C=C(/S/C=C(/C)n1cc(C(=O)OC)c(C(=O)OC)c1C(=O)c1ccc(Br)cc1)C(=O)OC. The number of thioether (sulfide) groups is 1. The van der Waals surface area contributed by atoms with E-state index in [1.807, 2.05) is 0 Å². The second-order valence-electron chi connectivity index (χ2n) is 6.86. The molecule has 0 unspecified atom stereocenters. The monoisotopic (exact) mass is 579 g/mol. The quantitative estimate of drug-likeness (QED) is 0.187. The van der Waals surface area contributed by atoms with Crippen molar-refractivity contribution in [3.63, 3.8) is 0 Å². The van der Waals surface area contributed by atoms with Crippen molar-refractivity contribution in [2.75, 3.05) is 28.4 Å². The molecule has 12 heteroatoms. The molecule has 0 aliphatic heterocycles. The Morgan fingerprint density at radius 3 is 2.03 bits per heavy atom. The van der Waals surface area contributed by atoms with Crippen LogP contribution in [0.15, 0.2) is 51.3 Å². The van der Waals surface area contributed by atoms with Gasteiger partial charge in [0.15, 0.2) is 0 Å². The van der Waals surface area contributed by atoms with E-state index >= 15 is 0 Å². The summed E-state index contributed by atoms with van der Waals surface area (Å²) in [5.74, 6) is -3.93. The minimum atomic E-state index is -0.920. The van der Waals surface area contributed by atoms with Crippen LogP contribution in [-0.2, 0) is 28.5 Å². The van der Waals surface area contributed by atoms with Crippen molar-refractivity contribution in [1.82, 2.24) is 4.57 Å². The van der Waals surface area contributed by atoms with Crippen LogP contribution < -0.4 is 0 Å². The van der Waals surface area contributed by atoms with E-state index in [0.29, 0.717) is 5.70 Å². The Bertz CT molecular complexity index is 1260. The second-order valence-corrected chi connectivity index (χ2v) is 8.68. The Kier molecular flexibility index (Phi) is 10.2. The van der Waals surface area contributed by atoms with Crippen molar-refractivity contribution >= 4 is 63.0 Å². The maximum atomic E-state index is 13.5. The number of hydrogen-bond acceptors (Lipinski definition) is 10. The number of hydrogen-bond donors (Lipinski definition) is 0. The minimum absolute atomic E-state index is 0.0991. The number of allylic oxidation sites excluding steroid dienone is 1. The number of ether oxygens (including phenoxy) is 4. The Labute approximate surface area is 219 Å². The van der Waals surface area contributed by atoms with E-state index in [2.05, 4.69) is 25.4 Å². The molecule has 0 saturated carbocycles. The number of methoxy groups -OCH3 is 4. The van der Waals surface area contributed by atoms with E-state index < -0.39 is 29.7 Å². The molecule has 1 aromatic heterocycles. The summed E-state index contributed by atoms with van der Waals surface area (Å²) in [6.07, 6.45) is 2.21. The number of ketones is 1. The van der Waals surface area contributed by atoms with Gasteiger partial charge in [-0.1, -0.05) is 27.7 Å². The normalized spacial score (nSPS) is 11.5. The first-order valence-corrected chi connectivity index (χ1v) is 11.7. The summed E-state index contributed by atoms with van der Waals surface area (Å²) in [5, 5.41) is 1.44. The number of esters is 4. The molecule has 36 heavy (non-hydrogen) atoms. The maximum absolute atomic E-state index is 13.5. The molecular weight excluding hydrogens is 558 g/mol. The third-order valence-corrected chi connectivity index (χ3v) is 6.22. The standard InChI is InChI=1S/C24H22BrNO9S/c1-13(12-36-17(23(30)34-4)10-18(27)32-2)26-11-16(22(29)33-3)19(24(31)35-5)20(26)21(28)14-6-8-15(25)9-7-14/h6-12H,1-5H3/b13-12-,17-10+. The van der Waals surface area contributed by atoms with Gasteiger partial charge in [0.2, 0.25) is 5.78 Å². The number of carbonyl (C=O) groups excluding carboxylic acids is 5. The summed E-state index contributed by atoms with van der Waals surface area (Å²) in [7, 11) is 4.56. The molecule has 0 bridgehead atoms. The Hall–Kier alpha value is -3.64. The van der Waals surface area contributed by atoms with Gasteiger partial charge in [-0.3, -0.25) is 4.79 Å². The molecule has 0 aliphatic rings. The molecule has 0 radical (unpaired) electrons. The zero-order valence-corrected chi connectivity index (χ0v) is 22.4. The van der Waals surface area contributed by atoms with Crippen LogP contribution in [0.1, 0.15) is 43.7 Å². The number of halogens is 1. The van der Waals surface area contributed by atoms with Gasteiger partial charge < -0.3 is 23.5 Å². The van der Waals surface area contributed by atoms with Crippen molar-refractivity contribution in [2.24, 2.45) is 0 Å². The highest BCUT2D eigenvalue weighted by molar-refractivity contribution is 9.10. The fourth-order valence-corrected chi connectivity index (χ4v) is 3.95. The first-order valence-electron chi connectivity index (χ1n) is 10.0. The van der Waals surface area contributed by atoms with Crippen molar-refractivity contribution in [3.05, 3.63) is 73.7 Å². The van der Waals surface area contributed by atoms with Gasteiger partial charge in [0.1, 0.15) is 16.2 Å². The number of rotatable bonds is 9. The summed E-state index contributed by atoms with van der Waals surface area (Å²) in [5.41, 5.74) is -0.0782. The minimum Gasteiger partial charge on any atom is -0.466 e. The fraction of sp³-hybridized carbons (Fsp3) is 0.208. The topological polar surface area (TPSA) is 127 Å². The molecule has 0 amide bonds. The van der Waals surface area contributed by atoms with Gasteiger partial charge >= 0.3 is 23.9 Å². The largest absolute Gasteiger partial charge is 0.466 e. The molecular formula is C24H22BrNO9S. The molecule has 2 aromatic rings.